The minimum absolute atomic E-state index is 0.0237. The number of hydrogen-bond donors (Lipinski definition) is 1. The van der Waals surface area contributed by atoms with Gasteiger partial charge in [0.1, 0.15) is 29.7 Å². The summed E-state index contributed by atoms with van der Waals surface area (Å²) in [6, 6.07) is 9.76. The van der Waals surface area contributed by atoms with E-state index in [1.54, 1.807) is 12.3 Å². The normalized spacial score (nSPS) is 27.4. The van der Waals surface area contributed by atoms with Crippen LogP contribution >= 0.6 is 15.9 Å². The number of amidine groups is 1. The third-order valence-corrected chi connectivity index (χ3v) is 6.70. The number of aliphatic imine (C=N–C) groups is 1. The molecular weight excluding hydrogens is 434 g/mol. The van der Waals surface area contributed by atoms with Crippen LogP contribution < -0.4 is 10.5 Å². The van der Waals surface area contributed by atoms with Crippen LogP contribution in [0.1, 0.15) is 47.3 Å². The van der Waals surface area contributed by atoms with Crippen LogP contribution in [0.15, 0.2) is 46.0 Å². The highest BCUT2D eigenvalue weighted by atomic mass is 79.9. The number of carbonyl (C=O) groups is 1. The summed E-state index contributed by atoms with van der Waals surface area (Å²) in [5, 5.41) is 0. The van der Waals surface area contributed by atoms with E-state index in [2.05, 4.69) is 20.9 Å². The van der Waals surface area contributed by atoms with Crippen molar-refractivity contribution in [1.82, 2.24) is 4.98 Å². The average Bonchev–Trinajstić information content (AvgIpc) is 3.11. The summed E-state index contributed by atoms with van der Waals surface area (Å²) in [4.78, 5) is 21.7. The highest BCUT2D eigenvalue weighted by Crippen LogP contribution is 2.52. The fraction of sp³-hybridized carbons (Fsp3) is 0.409. The number of Topliss-reactive ketones (excluding diaryl/α,β-unsaturated/α-hetero) is 1. The topological polar surface area (TPSA) is 86.8 Å². The largest absolute Gasteiger partial charge is 0.490 e. The van der Waals surface area contributed by atoms with Gasteiger partial charge in [0.2, 0.25) is 0 Å². The molecule has 2 aromatic rings. The van der Waals surface area contributed by atoms with E-state index in [0.717, 1.165) is 40.6 Å². The number of ketones is 1. The third kappa shape index (κ3) is 3.21. The number of ether oxygens (including phenoxy) is 2. The maximum Gasteiger partial charge on any atom is 0.283 e. The molecule has 7 heteroatoms. The van der Waals surface area contributed by atoms with E-state index >= 15 is 0 Å². The summed E-state index contributed by atoms with van der Waals surface area (Å²) in [5.41, 5.74) is 7.78. The Morgan fingerprint density at radius 2 is 2.10 bits per heavy atom. The molecule has 3 heterocycles. The number of aromatic nitrogens is 1. The molecule has 5 rings (SSSR count). The molecule has 1 aromatic heterocycles. The summed E-state index contributed by atoms with van der Waals surface area (Å²) >= 11 is 3.35. The predicted molar refractivity (Wildman–Crippen MR) is 112 cm³/mol. The molecule has 1 fully saturated rings. The van der Waals surface area contributed by atoms with Crippen LogP contribution in [-0.4, -0.2) is 29.5 Å². The first kappa shape index (κ1) is 18.6. The van der Waals surface area contributed by atoms with Crippen LogP contribution in [0, 0.1) is 5.92 Å². The Balaban J connectivity index is 1.50. The second kappa shape index (κ2) is 7.13. The van der Waals surface area contributed by atoms with Crippen molar-refractivity contribution >= 4 is 27.7 Å². The molecule has 0 amide bonds. The van der Waals surface area contributed by atoms with Crippen LogP contribution in [-0.2, 0) is 16.7 Å². The van der Waals surface area contributed by atoms with Gasteiger partial charge in [-0.2, -0.15) is 0 Å². The Morgan fingerprint density at radius 1 is 1.24 bits per heavy atom. The zero-order valence-electron chi connectivity index (χ0n) is 15.9. The maximum absolute atomic E-state index is 12.7. The summed E-state index contributed by atoms with van der Waals surface area (Å²) in [5.74, 6) is 1.04. The van der Waals surface area contributed by atoms with Crippen molar-refractivity contribution in [3.05, 3.63) is 57.8 Å². The maximum atomic E-state index is 12.7. The molecular formula is C22H22BrN3O3. The van der Waals surface area contributed by atoms with Gasteiger partial charge in [-0.3, -0.25) is 9.78 Å². The Morgan fingerprint density at radius 3 is 2.86 bits per heavy atom. The standard InChI is InChI=1S/C22H22BrN3O3/c23-14-6-7-17(25-11-14)18(27)10-13-5-8-20-16(9-13)22(12-28-21(24)26-22)15-3-1-2-4-19(15)29-20/h5-9,11,15,19H,1-4,10,12H2,(H2,24,26)/t15-,19?,22?/m1/s1. The number of rotatable bonds is 3. The van der Waals surface area contributed by atoms with Gasteiger partial charge in [-0.15, -0.1) is 0 Å². The molecule has 1 spiro atoms. The number of nitrogens with two attached hydrogens (primary N) is 1. The molecule has 1 saturated carbocycles. The fourth-order valence-corrected chi connectivity index (χ4v) is 5.10. The van der Waals surface area contributed by atoms with E-state index in [0.29, 0.717) is 12.3 Å². The van der Waals surface area contributed by atoms with Crippen LogP contribution in [0.5, 0.6) is 5.75 Å². The molecule has 6 nitrogen and oxygen atoms in total. The quantitative estimate of drug-likeness (QED) is 0.711. The van der Waals surface area contributed by atoms with E-state index in [1.807, 2.05) is 24.3 Å². The van der Waals surface area contributed by atoms with Crippen LogP contribution in [0.2, 0.25) is 0 Å². The first-order valence-electron chi connectivity index (χ1n) is 9.98. The number of benzene rings is 1. The fourth-order valence-electron chi connectivity index (χ4n) is 4.87. The second-order valence-corrected chi connectivity index (χ2v) is 8.92. The Labute approximate surface area is 177 Å². The lowest BCUT2D eigenvalue weighted by molar-refractivity contribution is 0.00734. The van der Waals surface area contributed by atoms with Crippen molar-refractivity contribution in [1.29, 1.82) is 0 Å². The van der Waals surface area contributed by atoms with Crippen LogP contribution in [0.3, 0.4) is 0 Å². The first-order valence-corrected chi connectivity index (χ1v) is 10.8. The van der Waals surface area contributed by atoms with E-state index in [9.17, 15) is 4.79 Å². The van der Waals surface area contributed by atoms with E-state index < -0.39 is 5.54 Å². The zero-order valence-corrected chi connectivity index (χ0v) is 17.5. The van der Waals surface area contributed by atoms with Gasteiger partial charge in [-0.05, 0) is 65.0 Å². The molecule has 0 saturated heterocycles. The lowest BCUT2D eigenvalue weighted by Crippen LogP contribution is -2.49. The van der Waals surface area contributed by atoms with Gasteiger partial charge in [0.05, 0.1) is 0 Å². The molecule has 29 heavy (non-hydrogen) atoms. The van der Waals surface area contributed by atoms with Gasteiger partial charge in [0, 0.05) is 28.6 Å². The van der Waals surface area contributed by atoms with E-state index in [1.165, 1.54) is 6.42 Å². The Bertz CT molecular complexity index is 991. The van der Waals surface area contributed by atoms with Gasteiger partial charge >= 0.3 is 0 Å². The average molecular weight is 456 g/mol. The van der Waals surface area contributed by atoms with Crippen LogP contribution in [0.4, 0.5) is 0 Å². The van der Waals surface area contributed by atoms with Crippen molar-refractivity contribution in [3.63, 3.8) is 0 Å². The SMILES string of the molecule is NC1=NC2(CO1)c1cc(CC(=O)c3ccc(Br)cn3)ccc1OC1CCCC[C@H]12. The summed E-state index contributed by atoms with van der Waals surface area (Å²) in [6.45, 7) is 0.433. The molecule has 1 aliphatic carbocycles. The number of hydrogen-bond acceptors (Lipinski definition) is 6. The lowest BCUT2D eigenvalue weighted by Gasteiger charge is -2.46. The molecule has 3 aliphatic rings. The smallest absolute Gasteiger partial charge is 0.283 e. The van der Waals surface area contributed by atoms with Crippen molar-refractivity contribution < 1.29 is 14.3 Å². The molecule has 1 aromatic carbocycles. The molecule has 0 bridgehead atoms. The van der Waals surface area contributed by atoms with Gasteiger partial charge in [0.15, 0.2) is 5.78 Å². The third-order valence-electron chi connectivity index (χ3n) is 6.23. The minimum atomic E-state index is -0.516. The van der Waals surface area contributed by atoms with Crippen molar-refractivity contribution in [2.45, 2.75) is 43.7 Å². The van der Waals surface area contributed by atoms with Crippen molar-refractivity contribution in [2.75, 3.05) is 6.61 Å². The monoisotopic (exact) mass is 455 g/mol. The Kier molecular flexibility index (Phi) is 4.57. The predicted octanol–water partition coefficient (Wildman–Crippen LogP) is 3.76. The van der Waals surface area contributed by atoms with Crippen LogP contribution in [0.25, 0.3) is 0 Å². The molecule has 2 unspecified atom stereocenters. The number of pyridine rings is 1. The number of carbonyl (C=O) groups excluding carboxylic acids is 1. The molecule has 2 N–H and O–H groups in total. The van der Waals surface area contributed by atoms with Gasteiger partial charge in [0.25, 0.3) is 6.02 Å². The van der Waals surface area contributed by atoms with Crippen molar-refractivity contribution in [2.24, 2.45) is 16.6 Å². The van der Waals surface area contributed by atoms with E-state index in [4.69, 9.17) is 20.2 Å². The molecule has 2 aliphatic heterocycles. The highest BCUT2D eigenvalue weighted by molar-refractivity contribution is 9.10. The molecule has 150 valence electrons. The summed E-state index contributed by atoms with van der Waals surface area (Å²) in [6.07, 6.45) is 6.43. The molecule has 3 atom stereocenters. The minimum Gasteiger partial charge on any atom is -0.490 e. The number of nitrogens with zero attached hydrogens (tertiary/aromatic N) is 2. The van der Waals surface area contributed by atoms with Gasteiger partial charge < -0.3 is 15.2 Å². The summed E-state index contributed by atoms with van der Waals surface area (Å²) < 4.78 is 12.8. The highest BCUT2D eigenvalue weighted by Gasteiger charge is 2.54. The zero-order chi connectivity index (χ0) is 20.0. The van der Waals surface area contributed by atoms with Gasteiger partial charge in [-0.25, -0.2) is 4.99 Å². The van der Waals surface area contributed by atoms with Gasteiger partial charge in [-0.1, -0.05) is 12.5 Å². The van der Waals surface area contributed by atoms with Crippen molar-refractivity contribution in [3.8, 4) is 5.75 Å². The number of halogens is 1. The Hall–Kier alpha value is -2.41. The molecule has 0 radical (unpaired) electrons. The van der Waals surface area contributed by atoms with E-state index in [-0.39, 0.29) is 30.2 Å². The number of fused-ring (bicyclic) bond motifs is 4. The summed E-state index contributed by atoms with van der Waals surface area (Å²) in [7, 11) is 0. The first-order chi connectivity index (χ1) is 14.0. The second-order valence-electron chi connectivity index (χ2n) is 8.00. The lowest BCUT2D eigenvalue weighted by atomic mass is 9.68.